The van der Waals surface area contributed by atoms with E-state index in [0.717, 1.165) is 11.3 Å². The zero-order valence-corrected chi connectivity index (χ0v) is 10.1. The lowest BCUT2D eigenvalue weighted by Crippen LogP contribution is -2.23. The highest BCUT2D eigenvalue weighted by molar-refractivity contribution is 5.88. The van der Waals surface area contributed by atoms with Gasteiger partial charge in [-0.2, -0.15) is 9.78 Å². The Bertz CT molecular complexity index is 638. The Labute approximate surface area is 105 Å². The van der Waals surface area contributed by atoms with E-state index < -0.39 is 0 Å². The average molecular weight is 239 g/mol. The Morgan fingerprint density at radius 1 is 1.33 bits per heavy atom. The molecule has 1 aliphatic rings. The fraction of sp³-hybridized carbons (Fsp3) is 0.143. The summed E-state index contributed by atoms with van der Waals surface area (Å²) < 4.78 is 1.41. The molecule has 0 radical (unpaired) electrons. The number of nitrogens with one attached hydrogen (secondary N) is 1. The van der Waals surface area contributed by atoms with E-state index in [4.69, 9.17) is 0 Å². The van der Waals surface area contributed by atoms with Crippen LogP contribution >= 0.6 is 0 Å². The van der Waals surface area contributed by atoms with Crippen molar-refractivity contribution in [3.63, 3.8) is 0 Å². The van der Waals surface area contributed by atoms with Crippen LogP contribution < -0.4 is 5.32 Å². The molecule has 0 bridgehead atoms. The molecule has 2 aromatic rings. The van der Waals surface area contributed by atoms with Crippen molar-refractivity contribution in [2.24, 2.45) is 0 Å². The lowest BCUT2D eigenvalue weighted by molar-refractivity contribution is 0.0896. The van der Waals surface area contributed by atoms with Gasteiger partial charge in [-0.3, -0.25) is 4.79 Å². The number of benzene rings is 1. The van der Waals surface area contributed by atoms with Gasteiger partial charge in [-0.15, -0.1) is 0 Å². The fourth-order valence-electron chi connectivity index (χ4n) is 2.01. The Kier molecular flexibility index (Phi) is 2.30. The highest BCUT2D eigenvalue weighted by Crippen LogP contribution is 2.26. The number of hydrogen-bond donors (Lipinski definition) is 1. The highest BCUT2D eigenvalue weighted by Gasteiger charge is 2.21. The van der Waals surface area contributed by atoms with Crippen LogP contribution in [0.5, 0.6) is 0 Å². The highest BCUT2D eigenvalue weighted by atomic mass is 16.2. The predicted octanol–water partition coefficient (Wildman–Crippen LogP) is 2.83. The molecule has 0 fully saturated rings. The lowest BCUT2D eigenvalue weighted by atomic mass is 10.1. The third-order valence-corrected chi connectivity index (χ3v) is 2.96. The largest absolute Gasteiger partial charge is 0.344 e. The number of hydrogen-bond acceptors (Lipinski definition) is 3. The zero-order chi connectivity index (χ0) is 12.7. The summed E-state index contributed by atoms with van der Waals surface area (Å²) >= 11 is 0. The summed E-state index contributed by atoms with van der Waals surface area (Å²) in [6.45, 7) is 5.82. The Hall–Kier alpha value is -2.36. The van der Waals surface area contributed by atoms with Gasteiger partial charge < -0.3 is 5.32 Å². The van der Waals surface area contributed by atoms with Crippen molar-refractivity contribution in [1.29, 1.82) is 0 Å². The van der Waals surface area contributed by atoms with Gasteiger partial charge in [-0.05, 0) is 6.92 Å². The number of rotatable bonds is 1. The van der Waals surface area contributed by atoms with Gasteiger partial charge in [0.05, 0.1) is 12.1 Å². The number of carbonyl (C=O) groups is 1. The first-order chi connectivity index (χ1) is 8.63. The summed E-state index contributed by atoms with van der Waals surface area (Å²) in [5, 5.41) is 7.41. The number of fused-ring (bicyclic) bond motifs is 1. The van der Waals surface area contributed by atoms with Crippen LogP contribution in [0.25, 0.3) is 11.3 Å². The topological polar surface area (TPSA) is 46.9 Å². The van der Waals surface area contributed by atoms with Crippen molar-refractivity contribution in [3.8, 4) is 11.3 Å². The maximum Gasteiger partial charge on any atom is 0.254 e. The monoisotopic (exact) mass is 239 g/mol. The van der Waals surface area contributed by atoms with E-state index in [2.05, 4.69) is 17.0 Å². The minimum absolute atomic E-state index is 0.0490. The van der Waals surface area contributed by atoms with Crippen molar-refractivity contribution >= 4 is 11.7 Å². The molecule has 0 amide bonds. The van der Waals surface area contributed by atoms with Crippen LogP contribution in [-0.4, -0.2) is 15.7 Å². The maximum absolute atomic E-state index is 11.8. The van der Waals surface area contributed by atoms with Crippen molar-refractivity contribution in [3.05, 3.63) is 48.2 Å². The van der Waals surface area contributed by atoms with Crippen LogP contribution in [-0.2, 0) is 0 Å². The van der Waals surface area contributed by atoms with Crippen LogP contribution in [0, 0.1) is 6.92 Å². The van der Waals surface area contributed by atoms with Gasteiger partial charge in [0.1, 0.15) is 5.82 Å². The van der Waals surface area contributed by atoms with Crippen molar-refractivity contribution in [2.45, 2.75) is 13.3 Å². The van der Waals surface area contributed by atoms with Crippen molar-refractivity contribution in [2.75, 3.05) is 5.32 Å². The van der Waals surface area contributed by atoms with Gasteiger partial charge in [0, 0.05) is 17.3 Å². The summed E-state index contributed by atoms with van der Waals surface area (Å²) in [7, 11) is 0. The molecule has 1 aromatic heterocycles. The van der Waals surface area contributed by atoms with Crippen molar-refractivity contribution < 1.29 is 4.79 Å². The molecule has 4 nitrogen and oxygen atoms in total. The van der Waals surface area contributed by atoms with E-state index in [1.165, 1.54) is 10.2 Å². The molecule has 1 aromatic carbocycles. The third-order valence-electron chi connectivity index (χ3n) is 2.96. The van der Waals surface area contributed by atoms with Crippen LogP contribution in [0.2, 0.25) is 0 Å². The van der Waals surface area contributed by atoms with Crippen LogP contribution in [0.1, 0.15) is 16.8 Å². The van der Waals surface area contributed by atoms with Gasteiger partial charge in [0.25, 0.3) is 5.91 Å². The third kappa shape index (κ3) is 1.72. The minimum Gasteiger partial charge on any atom is -0.344 e. The second-order valence-corrected chi connectivity index (χ2v) is 4.49. The first-order valence-electron chi connectivity index (χ1n) is 5.78. The molecule has 1 aliphatic heterocycles. The molecule has 1 N–H and O–H groups in total. The van der Waals surface area contributed by atoms with Gasteiger partial charge in [-0.1, -0.05) is 36.4 Å². The number of aryl methyl sites for hydroxylation is 1. The standard InChI is InChI=1S/C14H13N3O/c1-9-3-5-11(6-4-9)12-8-13-15-10(2)7-14(18)17(13)16-12/h3-6,8,15H,2,7H2,1H3. The lowest BCUT2D eigenvalue weighted by Gasteiger charge is -2.15. The van der Waals surface area contributed by atoms with E-state index in [-0.39, 0.29) is 5.91 Å². The molecule has 18 heavy (non-hydrogen) atoms. The van der Waals surface area contributed by atoms with Crippen LogP contribution in [0.3, 0.4) is 0 Å². The molecule has 0 unspecified atom stereocenters. The van der Waals surface area contributed by atoms with Gasteiger partial charge in [0.15, 0.2) is 0 Å². The molecule has 0 atom stereocenters. The van der Waals surface area contributed by atoms with Crippen LogP contribution in [0.4, 0.5) is 5.82 Å². The molecule has 3 rings (SSSR count). The number of allylic oxidation sites excluding steroid dienone is 1. The van der Waals surface area contributed by atoms with E-state index in [0.29, 0.717) is 17.9 Å². The molecule has 0 saturated carbocycles. The van der Waals surface area contributed by atoms with Gasteiger partial charge in [0.2, 0.25) is 0 Å². The molecule has 4 heteroatoms. The molecule has 0 aliphatic carbocycles. The zero-order valence-electron chi connectivity index (χ0n) is 10.1. The molecule has 0 spiro atoms. The summed E-state index contributed by atoms with van der Waals surface area (Å²) in [4.78, 5) is 11.8. The second-order valence-electron chi connectivity index (χ2n) is 4.49. The Balaban J connectivity index is 2.05. The van der Waals surface area contributed by atoms with E-state index >= 15 is 0 Å². The number of carbonyl (C=O) groups excluding carboxylic acids is 1. The normalized spacial score (nSPS) is 14.3. The smallest absolute Gasteiger partial charge is 0.254 e. The number of aromatic nitrogens is 2. The Morgan fingerprint density at radius 2 is 2.06 bits per heavy atom. The van der Waals surface area contributed by atoms with Gasteiger partial charge >= 0.3 is 0 Å². The molecular weight excluding hydrogens is 226 g/mol. The predicted molar refractivity (Wildman–Crippen MR) is 70.4 cm³/mol. The summed E-state index contributed by atoms with van der Waals surface area (Å²) in [5.41, 5.74) is 3.71. The molecule has 90 valence electrons. The van der Waals surface area contributed by atoms with Crippen LogP contribution in [0.15, 0.2) is 42.6 Å². The first kappa shape index (κ1) is 10.8. The summed E-state index contributed by atoms with van der Waals surface area (Å²) in [6.07, 6.45) is 0.294. The van der Waals surface area contributed by atoms with E-state index in [1.807, 2.05) is 37.3 Å². The first-order valence-corrected chi connectivity index (χ1v) is 5.78. The molecule has 2 heterocycles. The van der Waals surface area contributed by atoms with Crippen molar-refractivity contribution in [1.82, 2.24) is 9.78 Å². The van der Waals surface area contributed by atoms with Gasteiger partial charge in [-0.25, -0.2) is 0 Å². The van der Waals surface area contributed by atoms with E-state index in [9.17, 15) is 4.79 Å². The average Bonchev–Trinajstić information content (AvgIpc) is 2.74. The number of nitrogens with zero attached hydrogens (tertiary/aromatic N) is 2. The Morgan fingerprint density at radius 3 is 2.78 bits per heavy atom. The fourth-order valence-corrected chi connectivity index (χ4v) is 2.01. The quantitative estimate of drug-likeness (QED) is 0.832. The summed E-state index contributed by atoms with van der Waals surface area (Å²) in [6, 6.07) is 9.93. The summed E-state index contributed by atoms with van der Waals surface area (Å²) in [5.74, 6) is 0.638. The second kappa shape index (κ2) is 3.84. The SMILES string of the molecule is C=C1CC(=O)n2nc(-c3ccc(C)cc3)cc2N1. The molecular formula is C14H13N3O. The van der Waals surface area contributed by atoms with E-state index in [1.54, 1.807) is 0 Å². The maximum atomic E-state index is 11.8. The number of anilines is 1. The molecule has 0 saturated heterocycles. The minimum atomic E-state index is -0.0490.